The van der Waals surface area contributed by atoms with Crippen LogP contribution in [-0.2, 0) is 21.8 Å². The largest absolute Gasteiger partial charge is 0.618 e. The van der Waals surface area contributed by atoms with Crippen LogP contribution in [0.2, 0.25) is 5.02 Å². The van der Waals surface area contributed by atoms with Crippen molar-refractivity contribution in [2.24, 2.45) is 0 Å². The molecular weight excluding hydrogens is 608 g/mol. The molecule has 4 rings (SSSR count). The van der Waals surface area contributed by atoms with Crippen LogP contribution in [0.1, 0.15) is 23.7 Å². The van der Waals surface area contributed by atoms with Gasteiger partial charge in [0.05, 0.1) is 46.9 Å². The van der Waals surface area contributed by atoms with E-state index in [1.54, 1.807) is 6.92 Å². The number of hydrogen-bond acceptors (Lipinski definition) is 6. The summed E-state index contributed by atoms with van der Waals surface area (Å²) in [5, 5.41) is 13.6. The fourth-order valence-electron chi connectivity index (χ4n) is 4.37. The van der Waals surface area contributed by atoms with Crippen molar-refractivity contribution in [1.29, 1.82) is 0 Å². The summed E-state index contributed by atoms with van der Waals surface area (Å²) in [6.07, 6.45) is -11.0. The summed E-state index contributed by atoms with van der Waals surface area (Å²) >= 11 is 6.31. The molecule has 0 spiro atoms. The minimum atomic E-state index is -5.01. The Balaban J connectivity index is 1.86. The number of halogens is 7. The molecule has 0 bridgehead atoms. The topological polar surface area (TPSA) is 80.9 Å². The molecule has 7 nitrogen and oxygen atoms in total. The van der Waals surface area contributed by atoms with Crippen molar-refractivity contribution in [2.75, 3.05) is 20.5 Å². The van der Waals surface area contributed by atoms with Crippen LogP contribution in [-0.4, -0.2) is 26.7 Å². The molecule has 0 unspecified atom stereocenters. The molecule has 1 heterocycles. The molecule has 0 aliphatic heterocycles. The number of methoxy groups -OCH3 is 1. The van der Waals surface area contributed by atoms with Crippen molar-refractivity contribution >= 4 is 28.7 Å². The monoisotopic (exact) mass is 629 g/mol. The number of carbonyl (C=O) groups is 1. The molecule has 14 heteroatoms. The van der Waals surface area contributed by atoms with E-state index in [-0.39, 0.29) is 62.5 Å². The third-order valence-corrected chi connectivity index (χ3v) is 6.66. The normalized spacial score (nSPS) is 11.9. The standard InChI is InChI=1S/C29H22ClF6NO6/c1-4-41-27(38)43-14-42-26-21-12-22(30)24(40-3)13-23(21)37(39)15(2)25(26)17-7-5-16(6-8-17)18-9-19(28(31,32)33)11-20(10-18)29(34,35)36/h5-13H,4,14H2,1-3H3. The molecule has 228 valence electrons. The molecule has 4 aromatic rings. The number of carbonyl (C=O) groups excluding carboxylic acids is 1. The lowest BCUT2D eigenvalue weighted by molar-refractivity contribution is -0.583. The summed E-state index contributed by atoms with van der Waals surface area (Å²) in [5.74, 6) is 0.253. The van der Waals surface area contributed by atoms with Crippen LogP contribution in [0, 0.1) is 12.1 Å². The van der Waals surface area contributed by atoms with Crippen LogP contribution < -0.4 is 14.2 Å². The maximum atomic E-state index is 13.4. The van der Waals surface area contributed by atoms with Gasteiger partial charge in [0.15, 0.2) is 5.75 Å². The number of ether oxygens (including phenoxy) is 4. The number of hydrogen-bond donors (Lipinski definition) is 0. The predicted octanol–water partition coefficient (Wildman–Crippen LogP) is 8.32. The maximum absolute atomic E-state index is 13.4. The van der Waals surface area contributed by atoms with E-state index in [2.05, 4.69) is 0 Å². The third-order valence-electron chi connectivity index (χ3n) is 6.36. The average molecular weight is 630 g/mol. The van der Waals surface area contributed by atoms with E-state index in [1.807, 2.05) is 0 Å². The molecule has 0 fully saturated rings. The van der Waals surface area contributed by atoms with E-state index in [0.29, 0.717) is 22.4 Å². The number of nitrogens with zero attached hydrogens (tertiary/aromatic N) is 1. The lowest BCUT2D eigenvalue weighted by atomic mass is 9.95. The quantitative estimate of drug-likeness (QED) is 0.0672. The van der Waals surface area contributed by atoms with Gasteiger partial charge in [-0.15, -0.1) is 0 Å². The number of aromatic nitrogens is 1. The summed E-state index contributed by atoms with van der Waals surface area (Å²) in [5.41, 5.74) is -2.47. The fraction of sp³-hybridized carbons (Fsp3) is 0.241. The van der Waals surface area contributed by atoms with Gasteiger partial charge in [0.1, 0.15) is 5.75 Å². The van der Waals surface area contributed by atoms with Crippen molar-refractivity contribution in [1.82, 2.24) is 0 Å². The Hall–Kier alpha value is -4.39. The van der Waals surface area contributed by atoms with Crippen molar-refractivity contribution in [3.05, 3.63) is 81.6 Å². The second-order valence-electron chi connectivity index (χ2n) is 9.05. The van der Waals surface area contributed by atoms with Gasteiger partial charge < -0.3 is 24.2 Å². The zero-order valence-corrected chi connectivity index (χ0v) is 23.4. The molecule has 0 atom stereocenters. The molecule has 0 saturated carbocycles. The highest BCUT2D eigenvalue weighted by Crippen LogP contribution is 2.42. The summed E-state index contributed by atoms with van der Waals surface area (Å²) in [7, 11) is 1.36. The summed E-state index contributed by atoms with van der Waals surface area (Å²) < 4.78 is 102. The van der Waals surface area contributed by atoms with Gasteiger partial charge in [-0.2, -0.15) is 31.1 Å². The molecule has 1 aromatic heterocycles. The number of alkyl halides is 6. The first-order chi connectivity index (χ1) is 20.1. The molecule has 0 aliphatic carbocycles. The first-order valence-electron chi connectivity index (χ1n) is 12.4. The Labute approximate surface area is 245 Å². The van der Waals surface area contributed by atoms with Crippen molar-refractivity contribution in [3.8, 4) is 33.8 Å². The average Bonchev–Trinajstić information content (AvgIpc) is 2.94. The molecular formula is C29H22ClF6NO6. The SMILES string of the molecule is CCOC(=O)OCOc1c(-c2ccc(-c3cc(C(F)(F)F)cc(C(F)(F)F)c3)cc2)c(C)[n+]([O-])c2cc(OC)c(Cl)cc12. The smallest absolute Gasteiger partial charge is 0.511 e. The van der Waals surface area contributed by atoms with Gasteiger partial charge in [0.25, 0.3) is 0 Å². The van der Waals surface area contributed by atoms with E-state index in [9.17, 15) is 36.3 Å². The molecule has 0 amide bonds. The predicted molar refractivity (Wildman–Crippen MR) is 144 cm³/mol. The van der Waals surface area contributed by atoms with Gasteiger partial charge in [0, 0.05) is 6.92 Å². The summed E-state index contributed by atoms with van der Waals surface area (Å²) in [4.78, 5) is 11.7. The zero-order valence-electron chi connectivity index (χ0n) is 22.7. The highest BCUT2D eigenvalue weighted by Gasteiger charge is 2.37. The van der Waals surface area contributed by atoms with Gasteiger partial charge in [-0.25, -0.2) is 4.79 Å². The van der Waals surface area contributed by atoms with Crippen LogP contribution >= 0.6 is 11.6 Å². The van der Waals surface area contributed by atoms with Crippen LogP contribution in [0.15, 0.2) is 54.6 Å². The lowest BCUT2D eigenvalue weighted by Crippen LogP contribution is -2.32. The van der Waals surface area contributed by atoms with Gasteiger partial charge in [0.2, 0.25) is 18.0 Å². The number of rotatable bonds is 7. The Kier molecular flexibility index (Phi) is 8.86. The Morgan fingerprint density at radius 3 is 2.00 bits per heavy atom. The van der Waals surface area contributed by atoms with Crippen LogP contribution in [0.3, 0.4) is 0 Å². The van der Waals surface area contributed by atoms with Crippen molar-refractivity contribution in [3.63, 3.8) is 0 Å². The van der Waals surface area contributed by atoms with Gasteiger partial charge in [-0.3, -0.25) is 0 Å². The summed E-state index contributed by atoms with van der Waals surface area (Å²) in [6, 6.07) is 9.50. The molecule has 0 radical (unpaired) electrons. The molecule has 0 aliphatic rings. The lowest BCUT2D eigenvalue weighted by Gasteiger charge is -2.18. The Morgan fingerprint density at radius 1 is 0.884 bits per heavy atom. The minimum absolute atomic E-state index is 0.0470. The number of pyridine rings is 1. The summed E-state index contributed by atoms with van der Waals surface area (Å²) in [6.45, 7) is 2.46. The van der Waals surface area contributed by atoms with Gasteiger partial charge in [-0.1, -0.05) is 35.9 Å². The number of fused-ring (bicyclic) bond motifs is 1. The van der Waals surface area contributed by atoms with E-state index >= 15 is 0 Å². The molecule has 0 N–H and O–H groups in total. The van der Waals surface area contributed by atoms with E-state index in [4.69, 9.17) is 30.5 Å². The van der Waals surface area contributed by atoms with E-state index in [1.165, 1.54) is 50.4 Å². The number of benzene rings is 3. The van der Waals surface area contributed by atoms with E-state index < -0.39 is 36.4 Å². The van der Waals surface area contributed by atoms with Crippen LogP contribution in [0.5, 0.6) is 11.5 Å². The van der Waals surface area contributed by atoms with Gasteiger partial charge >= 0.3 is 18.5 Å². The van der Waals surface area contributed by atoms with Crippen molar-refractivity contribution in [2.45, 2.75) is 26.2 Å². The highest BCUT2D eigenvalue weighted by molar-refractivity contribution is 6.33. The minimum Gasteiger partial charge on any atom is -0.618 e. The Morgan fingerprint density at radius 2 is 1.47 bits per heavy atom. The first-order valence-corrected chi connectivity index (χ1v) is 12.8. The second kappa shape index (κ2) is 12.1. The molecule has 3 aromatic carbocycles. The van der Waals surface area contributed by atoms with Crippen molar-refractivity contribution < 1.29 is 54.8 Å². The van der Waals surface area contributed by atoms with E-state index in [0.717, 1.165) is 0 Å². The highest BCUT2D eigenvalue weighted by atomic mass is 35.5. The maximum Gasteiger partial charge on any atom is 0.511 e. The first kappa shape index (κ1) is 31.5. The second-order valence-corrected chi connectivity index (χ2v) is 9.46. The van der Waals surface area contributed by atoms with Crippen LogP contribution in [0.25, 0.3) is 33.2 Å². The molecule has 0 saturated heterocycles. The van der Waals surface area contributed by atoms with Gasteiger partial charge in [-0.05, 0) is 47.9 Å². The Bertz CT molecular complexity index is 1640. The molecule has 43 heavy (non-hydrogen) atoms. The fourth-order valence-corrected chi connectivity index (χ4v) is 4.61. The third kappa shape index (κ3) is 6.66. The zero-order chi connectivity index (χ0) is 31.7. The van der Waals surface area contributed by atoms with Crippen LogP contribution in [0.4, 0.5) is 31.1 Å².